The third-order valence-electron chi connectivity index (χ3n) is 5.41. The topological polar surface area (TPSA) is 37.7 Å². The number of likely N-dealkylation sites (N-methyl/N-ethyl adjacent to an activating group) is 1. The first kappa shape index (κ1) is 20.3. The van der Waals surface area contributed by atoms with Crippen LogP contribution in [0.4, 0.5) is 18.0 Å². The number of fused-ring (bicyclic) bond motifs is 2. The Hall–Kier alpha value is -1.41. The van der Waals surface area contributed by atoms with Crippen LogP contribution in [0.1, 0.15) is 45.0 Å². The van der Waals surface area contributed by atoms with Gasteiger partial charge in [0.05, 0.1) is 16.3 Å². The molecule has 0 N–H and O–H groups in total. The maximum Gasteiger partial charge on any atom is 0.431 e. The summed E-state index contributed by atoms with van der Waals surface area (Å²) in [6, 6.07) is 1.03. The highest BCUT2D eigenvalue weighted by Crippen LogP contribution is 2.47. The standard InChI is InChI=1S/C18H25ClF3N3O2/c1-16(2,3)27-15(26)24-7-5-17(6-8-24)14-12(19)11-13(18(20,21)22)25(14)10-9-23(17)4/h11H,5-10H2,1-4H3. The zero-order valence-corrected chi connectivity index (χ0v) is 16.7. The Kier molecular flexibility index (Phi) is 4.96. The number of likely N-dealkylation sites (tertiary alicyclic amines) is 1. The highest BCUT2D eigenvalue weighted by Gasteiger charge is 2.49. The summed E-state index contributed by atoms with van der Waals surface area (Å²) in [6.07, 6.45) is -3.84. The monoisotopic (exact) mass is 407 g/mol. The van der Waals surface area contributed by atoms with Gasteiger partial charge in [-0.05, 0) is 46.7 Å². The number of nitrogens with zero attached hydrogens (tertiary/aromatic N) is 3. The number of alkyl halides is 3. The fourth-order valence-corrected chi connectivity index (χ4v) is 4.49. The van der Waals surface area contributed by atoms with Gasteiger partial charge in [0.15, 0.2) is 0 Å². The van der Waals surface area contributed by atoms with E-state index in [0.29, 0.717) is 38.2 Å². The second kappa shape index (κ2) is 6.58. The lowest BCUT2D eigenvalue weighted by molar-refractivity contribution is -0.144. The second-order valence-corrected chi connectivity index (χ2v) is 8.70. The molecule has 1 aromatic heterocycles. The number of carbonyl (C=O) groups excluding carboxylic acids is 1. The van der Waals surface area contributed by atoms with Gasteiger partial charge in [0.1, 0.15) is 11.3 Å². The van der Waals surface area contributed by atoms with Gasteiger partial charge in [-0.15, -0.1) is 0 Å². The summed E-state index contributed by atoms with van der Waals surface area (Å²) in [5, 5.41) is 0.139. The van der Waals surface area contributed by atoms with E-state index in [-0.39, 0.29) is 11.6 Å². The molecule has 0 aromatic carbocycles. The maximum atomic E-state index is 13.4. The van der Waals surface area contributed by atoms with Crippen LogP contribution in [-0.4, -0.2) is 52.7 Å². The van der Waals surface area contributed by atoms with Crippen LogP contribution in [0.15, 0.2) is 6.07 Å². The fraction of sp³-hybridized carbons (Fsp3) is 0.722. The van der Waals surface area contributed by atoms with E-state index < -0.39 is 29.1 Å². The quantitative estimate of drug-likeness (QED) is 0.642. The van der Waals surface area contributed by atoms with E-state index in [1.165, 1.54) is 4.57 Å². The molecule has 0 radical (unpaired) electrons. The number of aromatic nitrogens is 1. The number of carbonyl (C=O) groups is 1. The molecule has 2 aliphatic rings. The molecule has 1 aromatic rings. The normalized spacial score (nSPS) is 20.7. The van der Waals surface area contributed by atoms with E-state index in [0.717, 1.165) is 6.07 Å². The number of rotatable bonds is 0. The Morgan fingerprint density at radius 1 is 1.15 bits per heavy atom. The summed E-state index contributed by atoms with van der Waals surface area (Å²) in [6.45, 7) is 6.95. The Morgan fingerprint density at radius 3 is 2.26 bits per heavy atom. The molecule has 1 saturated heterocycles. The highest BCUT2D eigenvalue weighted by molar-refractivity contribution is 6.31. The van der Waals surface area contributed by atoms with Gasteiger partial charge in [-0.2, -0.15) is 13.2 Å². The number of hydrogen-bond donors (Lipinski definition) is 0. The van der Waals surface area contributed by atoms with Crippen LogP contribution >= 0.6 is 11.6 Å². The van der Waals surface area contributed by atoms with Gasteiger partial charge in [-0.25, -0.2) is 4.79 Å². The van der Waals surface area contributed by atoms with Gasteiger partial charge in [0.2, 0.25) is 0 Å². The van der Waals surface area contributed by atoms with Crippen molar-refractivity contribution in [3.05, 3.63) is 22.5 Å². The van der Waals surface area contributed by atoms with Crippen molar-refractivity contribution in [3.8, 4) is 0 Å². The van der Waals surface area contributed by atoms with Crippen LogP contribution in [0.2, 0.25) is 5.02 Å². The minimum Gasteiger partial charge on any atom is -0.444 e. The molecule has 9 heteroatoms. The lowest BCUT2D eigenvalue weighted by atomic mass is 9.81. The molecule has 0 unspecified atom stereocenters. The van der Waals surface area contributed by atoms with Crippen LogP contribution in [0.25, 0.3) is 0 Å². The number of amides is 1. The minimum absolute atomic E-state index is 0.139. The van der Waals surface area contributed by atoms with Crippen molar-refractivity contribution in [1.82, 2.24) is 14.4 Å². The summed E-state index contributed by atoms with van der Waals surface area (Å²) >= 11 is 6.29. The predicted molar refractivity (Wildman–Crippen MR) is 95.8 cm³/mol. The van der Waals surface area contributed by atoms with Crippen molar-refractivity contribution >= 4 is 17.7 Å². The smallest absolute Gasteiger partial charge is 0.431 e. The van der Waals surface area contributed by atoms with Crippen molar-refractivity contribution in [2.75, 3.05) is 26.7 Å². The van der Waals surface area contributed by atoms with Gasteiger partial charge in [-0.1, -0.05) is 11.6 Å². The molecule has 1 amide bonds. The first-order valence-corrected chi connectivity index (χ1v) is 9.39. The predicted octanol–water partition coefficient (Wildman–Crippen LogP) is 4.33. The molecule has 1 spiro atoms. The first-order valence-electron chi connectivity index (χ1n) is 9.01. The Bertz CT molecular complexity index is 731. The number of halogens is 4. The van der Waals surface area contributed by atoms with Crippen molar-refractivity contribution in [2.45, 2.75) is 57.5 Å². The zero-order valence-electron chi connectivity index (χ0n) is 16.0. The molecule has 5 nitrogen and oxygen atoms in total. The van der Waals surface area contributed by atoms with Gasteiger partial charge in [0, 0.05) is 26.2 Å². The summed E-state index contributed by atoms with van der Waals surface area (Å²) in [5.74, 6) is 0. The second-order valence-electron chi connectivity index (χ2n) is 8.30. The maximum absolute atomic E-state index is 13.4. The van der Waals surface area contributed by atoms with Crippen molar-refractivity contribution in [3.63, 3.8) is 0 Å². The summed E-state index contributed by atoms with van der Waals surface area (Å²) in [5.41, 5.74) is -1.40. The average Bonchev–Trinajstić information content (AvgIpc) is 2.88. The van der Waals surface area contributed by atoms with Gasteiger partial charge < -0.3 is 14.2 Å². The van der Waals surface area contributed by atoms with E-state index >= 15 is 0 Å². The largest absolute Gasteiger partial charge is 0.444 e. The van der Waals surface area contributed by atoms with Crippen LogP contribution in [-0.2, 0) is 23.0 Å². The third-order valence-corrected chi connectivity index (χ3v) is 5.70. The summed E-state index contributed by atoms with van der Waals surface area (Å²) in [7, 11) is 1.91. The fourth-order valence-electron chi connectivity index (χ4n) is 4.11. The first-order chi connectivity index (χ1) is 12.3. The molecule has 0 saturated carbocycles. The Labute approximate surface area is 162 Å². The van der Waals surface area contributed by atoms with E-state index in [1.807, 2.05) is 7.05 Å². The third kappa shape index (κ3) is 3.66. The number of ether oxygens (including phenoxy) is 1. The lowest BCUT2D eigenvalue weighted by Crippen LogP contribution is -2.57. The van der Waals surface area contributed by atoms with Crippen molar-refractivity contribution in [2.24, 2.45) is 0 Å². The molecule has 3 heterocycles. The zero-order chi connectivity index (χ0) is 20.2. The minimum atomic E-state index is -4.45. The Balaban J connectivity index is 1.89. The lowest BCUT2D eigenvalue weighted by Gasteiger charge is -2.50. The molecule has 0 atom stereocenters. The van der Waals surface area contributed by atoms with Gasteiger partial charge in [0.25, 0.3) is 0 Å². The van der Waals surface area contributed by atoms with E-state index in [1.54, 1.807) is 25.7 Å². The molecule has 1 fully saturated rings. The molecule has 3 rings (SSSR count). The number of piperidine rings is 1. The van der Waals surface area contributed by atoms with E-state index in [2.05, 4.69) is 4.90 Å². The van der Waals surface area contributed by atoms with Crippen LogP contribution in [0.3, 0.4) is 0 Å². The van der Waals surface area contributed by atoms with Crippen LogP contribution in [0.5, 0.6) is 0 Å². The summed E-state index contributed by atoms with van der Waals surface area (Å²) < 4.78 is 46.9. The summed E-state index contributed by atoms with van der Waals surface area (Å²) in [4.78, 5) is 16.0. The van der Waals surface area contributed by atoms with Crippen LogP contribution < -0.4 is 0 Å². The van der Waals surface area contributed by atoms with Crippen molar-refractivity contribution < 1.29 is 22.7 Å². The molecule has 152 valence electrons. The SMILES string of the molecule is CN1CCn2c(C(F)(F)F)cc(Cl)c2C12CCN(C(=O)OC(C)(C)C)CC2. The van der Waals surface area contributed by atoms with E-state index in [9.17, 15) is 18.0 Å². The molecular formula is C18H25ClF3N3O2. The molecule has 2 aliphatic heterocycles. The number of hydrogen-bond acceptors (Lipinski definition) is 3. The molecule has 0 bridgehead atoms. The van der Waals surface area contributed by atoms with Crippen molar-refractivity contribution in [1.29, 1.82) is 0 Å². The highest BCUT2D eigenvalue weighted by atomic mass is 35.5. The van der Waals surface area contributed by atoms with Gasteiger partial charge in [-0.3, -0.25) is 4.90 Å². The van der Waals surface area contributed by atoms with Crippen LogP contribution in [0, 0.1) is 0 Å². The molecule has 27 heavy (non-hydrogen) atoms. The van der Waals surface area contributed by atoms with Gasteiger partial charge >= 0.3 is 12.3 Å². The van der Waals surface area contributed by atoms with E-state index in [4.69, 9.17) is 16.3 Å². The average molecular weight is 408 g/mol. The Morgan fingerprint density at radius 2 is 1.74 bits per heavy atom. The molecular weight excluding hydrogens is 383 g/mol. The molecule has 0 aliphatic carbocycles.